The van der Waals surface area contributed by atoms with Gasteiger partial charge in [-0.1, -0.05) is 40.2 Å². The predicted molar refractivity (Wildman–Crippen MR) is 101 cm³/mol. The van der Waals surface area contributed by atoms with Crippen molar-refractivity contribution >= 4 is 30.7 Å². The molecule has 2 aromatic rings. The summed E-state index contributed by atoms with van der Waals surface area (Å²) in [4.78, 5) is 0.547. The summed E-state index contributed by atoms with van der Waals surface area (Å²) in [5.74, 6) is 0. The lowest BCUT2D eigenvalue weighted by molar-refractivity contribution is -0.0867. The van der Waals surface area contributed by atoms with Gasteiger partial charge >= 0.3 is 11.0 Å². The number of thiophene rings is 1. The summed E-state index contributed by atoms with van der Waals surface area (Å²) in [6, 6.07) is 7.33. The number of hydrogen-bond acceptors (Lipinski definition) is 3. The van der Waals surface area contributed by atoms with Crippen LogP contribution in [-0.2, 0) is 27.5 Å². The van der Waals surface area contributed by atoms with Crippen molar-refractivity contribution in [3.8, 4) is 0 Å². The van der Waals surface area contributed by atoms with Gasteiger partial charge in [0.15, 0.2) is 19.7 Å². The van der Waals surface area contributed by atoms with Crippen molar-refractivity contribution < 1.29 is 39.3 Å². The van der Waals surface area contributed by atoms with Gasteiger partial charge < -0.3 is 4.55 Å². The second-order valence-corrected chi connectivity index (χ2v) is 10.8. The van der Waals surface area contributed by atoms with Crippen LogP contribution in [0.3, 0.4) is 0 Å². The Morgan fingerprint density at radius 2 is 1.52 bits per heavy atom. The van der Waals surface area contributed by atoms with Crippen molar-refractivity contribution in [3.63, 3.8) is 0 Å². The molecule has 166 valence electrons. The first-order chi connectivity index (χ1) is 12.9. The van der Waals surface area contributed by atoms with E-state index in [1.54, 1.807) is 12.1 Å². The SMILES string of the molecule is CCCCc1cc2ccc(C(C)(C)C)cc2[s+]1C(F)(F)F.O=S(=O)([O-])C(F)(F)F. The predicted octanol–water partition coefficient (Wildman–Crippen LogP) is 6.76. The molecule has 1 unspecified atom stereocenters. The maximum absolute atomic E-state index is 13.5. The summed E-state index contributed by atoms with van der Waals surface area (Å²) < 4.78 is 99.9. The number of hydrogen-bond donors (Lipinski definition) is 0. The van der Waals surface area contributed by atoms with E-state index in [1.165, 1.54) is 0 Å². The van der Waals surface area contributed by atoms with Crippen LogP contribution in [0.2, 0.25) is 0 Å². The molecule has 3 nitrogen and oxygen atoms in total. The van der Waals surface area contributed by atoms with Crippen molar-refractivity contribution in [2.75, 3.05) is 0 Å². The highest BCUT2D eigenvalue weighted by molar-refractivity contribution is 7.86. The average Bonchev–Trinajstić information content (AvgIpc) is 2.88. The van der Waals surface area contributed by atoms with Crippen LogP contribution < -0.4 is 0 Å². The summed E-state index contributed by atoms with van der Waals surface area (Å²) in [6.45, 7) is 8.09. The quantitative estimate of drug-likeness (QED) is 0.218. The van der Waals surface area contributed by atoms with E-state index in [1.807, 2.05) is 39.8 Å². The van der Waals surface area contributed by atoms with Crippen LogP contribution in [-0.4, -0.2) is 18.5 Å². The second-order valence-electron chi connectivity index (χ2n) is 7.37. The van der Waals surface area contributed by atoms with Crippen molar-refractivity contribution in [1.82, 2.24) is 0 Å². The van der Waals surface area contributed by atoms with Gasteiger partial charge in [-0.15, -0.1) is 13.2 Å². The van der Waals surface area contributed by atoms with Crippen LogP contribution in [0.1, 0.15) is 51.0 Å². The largest absolute Gasteiger partial charge is 0.741 e. The first kappa shape index (κ1) is 25.7. The van der Waals surface area contributed by atoms with Gasteiger partial charge in [0.25, 0.3) is 0 Å². The highest BCUT2D eigenvalue weighted by atomic mass is 32.2. The first-order valence-corrected chi connectivity index (χ1v) is 11.2. The van der Waals surface area contributed by atoms with Crippen LogP contribution in [0.25, 0.3) is 10.1 Å². The molecule has 0 aliphatic heterocycles. The fraction of sp³-hybridized carbons (Fsp3) is 0.556. The smallest absolute Gasteiger partial charge is 0.600 e. The van der Waals surface area contributed by atoms with Crippen molar-refractivity contribution in [2.45, 2.75) is 63.4 Å². The molecular formula is C18H22F6O3S2. The molecule has 2 rings (SSSR count). The Hall–Kier alpha value is -1.33. The molecule has 0 N–H and O–H groups in total. The van der Waals surface area contributed by atoms with E-state index in [0.717, 1.165) is 23.8 Å². The molecule has 29 heavy (non-hydrogen) atoms. The van der Waals surface area contributed by atoms with E-state index in [2.05, 4.69) is 0 Å². The zero-order chi connectivity index (χ0) is 22.8. The van der Waals surface area contributed by atoms with Gasteiger partial charge in [0, 0.05) is 23.9 Å². The first-order valence-electron chi connectivity index (χ1n) is 8.58. The van der Waals surface area contributed by atoms with E-state index in [-0.39, 0.29) is 5.41 Å². The minimum atomic E-state index is -6.09. The number of rotatable bonds is 3. The minimum absolute atomic E-state index is 0.137. The molecule has 0 spiro atoms. The maximum Gasteiger partial charge on any atom is 0.600 e. The lowest BCUT2D eigenvalue weighted by Crippen LogP contribution is -2.21. The molecule has 0 fully saturated rings. The van der Waals surface area contributed by atoms with Crippen LogP contribution in [0.4, 0.5) is 26.3 Å². The Bertz CT molecular complexity index is 935. The van der Waals surface area contributed by atoms with E-state index in [4.69, 9.17) is 13.0 Å². The van der Waals surface area contributed by atoms with E-state index in [0.29, 0.717) is 16.0 Å². The fourth-order valence-corrected chi connectivity index (χ4v) is 4.50. The summed E-state index contributed by atoms with van der Waals surface area (Å²) in [7, 11) is -7.83. The number of alkyl halides is 6. The second kappa shape index (κ2) is 8.81. The lowest BCUT2D eigenvalue weighted by Gasteiger charge is -2.18. The monoisotopic (exact) mass is 464 g/mol. The van der Waals surface area contributed by atoms with E-state index < -0.39 is 31.6 Å². The number of halogens is 6. The molecule has 1 aromatic carbocycles. The third-order valence-corrected chi connectivity index (χ3v) is 6.64. The molecule has 0 aliphatic carbocycles. The normalized spacial score (nSPS) is 14.0. The Morgan fingerprint density at radius 3 is 1.90 bits per heavy atom. The molecular weight excluding hydrogens is 442 g/mol. The van der Waals surface area contributed by atoms with Gasteiger partial charge in [0.1, 0.15) is 0 Å². The average molecular weight is 464 g/mol. The fourth-order valence-electron chi connectivity index (χ4n) is 2.47. The van der Waals surface area contributed by atoms with Crippen LogP contribution in [0, 0.1) is 0 Å². The van der Waals surface area contributed by atoms with Gasteiger partial charge in [-0.2, -0.15) is 13.2 Å². The molecule has 0 saturated carbocycles. The van der Waals surface area contributed by atoms with Gasteiger partial charge in [0.05, 0.1) is 10.5 Å². The van der Waals surface area contributed by atoms with Crippen molar-refractivity contribution in [2.24, 2.45) is 0 Å². The molecule has 1 atom stereocenters. The van der Waals surface area contributed by atoms with Crippen molar-refractivity contribution in [3.05, 3.63) is 34.7 Å². The van der Waals surface area contributed by atoms with Gasteiger partial charge in [0.2, 0.25) is 0 Å². The molecule has 0 bridgehead atoms. The Kier molecular flexibility index (Phi) is 7.81. The zero-order valence-electron chi connectivity index (χ0n) is 16.2. The number of fused-ring (bicyclic) bond motifs is 1. The Balaban J connectivity index is 0.000000447. The summed E-state index contributed by atoms with van der Waals surface area (Å²) >= 11 is 0. The number of benzene rings is 1. The standard InChI is InChI=1S/C17H22F3S.CHF3O3S/c1-5-6-7-14-10-12-8-9-13(16(2,3)4)11-15(12)21(14)17(18,19)20;2-1(3,4)8(5,6)7/h8-11H,5-7H2,1-4H3;(H,5,6,7)/q+1;/p-1. The highest BCUT2D eigenvalue weighted by Gasteiger charge is 2.47. The molecule has 0 radical (unpaired) electrons. The molecule has 0 amide bonds. The molecule has 1 heterocycles. The highest BCUT2D eigenvalue weighted by Crippen LogP contribution is 2.51. The number of aryl methyl sites for hydroxylation is 1. The third kappa shape index (κ3) is 6.85. The zero-order valence-corrected chi connectivity index (χ0v) is 17.9. The van der Waals surface area contributed by atoms with E-state index in [9.17, 15) is 26.3 Å². The molecule has 1 aromatic heterocycles. The molecule has 0 aliphatic rings. The number of unbranched alkanes of at least 4 members (excludes halogenated alkanes) is 1. The van der Waals surface area contributed by atoms with Crippen LogP contribution in [0.15, 0.2) is 24.3 Å². The van der Waals surface area contributed by atoms with Gasteiger partial charge in [-0.05, 0) is 23.5 Å². The van der Waals surface area contributed by atoms with Crippen molar-refractivity contribution in [1.29, 1.82) is 0 Å². The van der Waals surface area contributed by atoms with E-state index >= 15 is 0 Å². The third-order valence-electron chi connectivity index (χ3n) is 3.97. The van der Waals surface area contributed by atoms with Crippen LogP contribution >= 0.6 is 10.5 Å². The molecule has 11 heteroatoms. The topological polar surface area (TPSA) is 57.2 Å². The summed E-state index contributed by atoms with van der Waals surface area (Å²) in [6.07, 6.45) is 2.26. The summed E-state index contributed by atoms with van der Waals surface area (Å²) in [5, 5.41) is 0.745. The minimum Gasteiger partial charge on any atom is -0.741 e. The Labute approximate surface area is 168 Å². The summed E-state index contributed by atoms with van der Waals surface area (Å²) in [5.41, 5.74) is -9.00. The van der Waals surface area contributed by atoms with Gasteiger partial charge in [-0.3, -0.25) is 0 Å². The lowest BCUT2D eigenvalue weighted by atomic mass is 9.87. The maximum atomic E-state index is 13.5. The van der Waals surface area contributed by atoms with Gasteiger partial charge in [-0.25, -0.2) is 8.42 Å². The van der Waals surface area contributed by atoms with Crippen LogP contribution in [0.5, 0.6) is 0 Å². The molecule has 0 saturated heterocycles. The Morgan fingerprint density at radius 1 is 1.00 bits per heavy atom.